The average Bonchev–Trinajstić information content (AvgIpc) is 2.98. The number of methoxy groups -OCH3 is 1. The first-order chi connectivity index (χ1) is 10.7. The smallest absolute Gasteiger partial charge is 0.338 e. The summed E-state index contributed by atoms with van der Waals surface area (Å²) in [6, 6.07) is 11.8. The highest BCUT2D eigenvalue weighted by molar-refractivity contribution is 6.16. The van der Waals surface area contributed by atoms with Crippen LogP contribution in [-0.4, -0.2) is 19.9 Å². The third-order valence-corrected chi connectivity index (χ3v) is 4.01. The van der Waals surface area contributed by atoms with Crippen molar-refractivity contribution in [3.8, 4) is 11.5 Å². The van der Waals surface area contributed by atoms with Crippen molar-refractivity contribution in [3.05, 3.63) is 47.5 Å². The largest absolute Gasteiger partial charge is 0.465 e. The zero-order valence-electron chi connectivity index (χ0n) is 12.3. The van der Waals surface area contributed by atoms with Crippen molar-refractivity contribution in [3.63, 3.8) is 0 Å². The van der Waals surface area contributed by atoms with Crippen LogP contribution in [0.3, 0.4) is 0 Å². The number of esters is 1. The van der Waals surface area contributed by atoms with Crippen molar-refractivity contribution in [2.75, 3.05) is 13.9 Å². The molecule has 0 fully saturated rings. The van der Waals surface area contributed by atoms with E-state index in [4.69, 9.17) is 14.2 Å². The number of hydrogen-bond donors (Lipinski definition) is 0. The van der Waals surface area contributed by atoms with Gasteiger partial charge in [-0.25, -0.2) is 4.79 Å². The zero-order valence-corrected chi connectivity index (χ0v) is 12.3. The van der Waals surface area contributed by atoms with Crippen LogP contribution < -0.4 is 9.47 Å². The van der Waals surface area contributed by atoms with E-state index in [0.717, 1.165) is 32.9 Å². The Labute approximate surface area is 127 Å². The fourth-order valence-electron chi connectivity index (χ4n) is 2.94. The summed E-state index contributed by atoms with van der Waals surface area (Å²) < 4.78 is 15.8. The first kappa shape index (κ1) is 13.0. The van der Waals surface area contributed by atoms with Gasteiger partial charge in [-0.05, 0) is 46.7 Å². The molecule has 0 amide bonds. The Morgan fingerprint density at radius 2 is 1.77 bits per heavy atom. The van der Waals surface area contributed by atoms with E-state index in [1.165, 1.54) is 7.11 Å². The van der Waals surface area contributed by atoms with Gasteiger partial charge in [0.25, 0.3) is 0 Å². The second-order valence-electron chi connectivity index (χ2n) is 5.39. The first-order valence-corrected chi connectivity index (χ1v) is 7.02. The molecule has 3 aromatic rings. The van der Waals surface area contributed by atoms with Crippen molar-refractivity contribution >= 4 is 27.5 Å². The number of carbonyl (C=O) groups excluding carboxylic acids is 1. The van der Waals surface area contributed by atoms with Gasteiger partial charge in [0.2, 0.25) is 6.79 Å². The van der Waals surface area contributed by atoms with E-state index in [9.17, 15) is 4.79 Å². The van der Waals surface area contributed by atoms with Crippen LogP contribution in [0.2, 0.25) is 0 Å². The number of benzene rings is 3. The molecule has 0 saturated heterocycles. The van der Waals surface area contributed by atoms with Gasteiger partial charge in [0.05, 0.1) is 12.7 Å². The van der Waals surface area contributed by atoms with Crippen LogP contribution in [0, 0.1) is 6.92 Å². The predicted octanol–water partition coefficient (Wildman–Crippen LogP) is 3.82. The number of rotatable bonds is 1. The van der Waals surface area contributed by atoms with Crippen molar-refractivity contribution in [2.45, 2.75) is 6.92 Å². The third-order valence-electron chi connectivity index (χ3n) is 4.01. The van der Waals surface area contributed by atoms with Gasteiger partial charge in [0.1, 0.15) is 0 Å². The van der Waals surface area contributed by atoms with Crippen LogP contribution in [-0.2, 0) is 4.74 Å². The number of aryl methyl sites for hydroxylation is 1. The van der Waals surface area contributed by atoms with E-state index < -0.39 is 0 Å². The number of carbonyl (C=O) groups is 1. The quantitative estimate of drug-likeness (QED) is 0.505. The normalized spacial score (nSPS) is 12.8. The highest BCUT2D eigenvalue weighted by atomic mass is 16.7. The highest BCUT2D eigenvalue weighted by Crippen LogP contribution is 2.39. The highest BCUT2D eigenvalue weighted by Gasteiger charge is 2.18. The summed E-state index contributed by atoms with van der Waals surface area (Å²) in [7, 11) is 1.40. The maximum Gasteiger partial charge on any atom is 0.338 e. The Balaban J connectivity index is 2.16. The molecule has 4 heteroatoms. The van der Waals surface area contributed by atoms with Gasteiger partial charge in [0.15, 0.2) is 11.5 Å². The SMILES string of the molecule is COC(=O)c1cc2cc3c(cc2c2cc(C)ccc12)OCO3. The second kappa shape index (κ2) is 4.63. The molecule has 0 radical (unpaired) electrons. The van der Waals surface area contributed by atoms with Crippen LogP contribution in [0.5, 0.6) is 11.5 Å². The molecule has 3 aromatic carbocycles. The van der Waals surface area contributed by atoms with Crippen LogP contribution in [0.1, 0.15) is 15.9 Å². The van der Waals surface area contributed by atoms with E-state index >= 15 is 0 Å². The van der Waals surface area contributed by atoms with Crippen LogP contribution in [0.4, 0.5) is 0 Å². The summed E-state index contributed by atoms with van der Waals surface area (Å²) in [5.74, 6) is 1.10. The topological polar surface area (TPSA) is 44.8 Å². The Hall–Kier alpha value is -2.75. The molecule has 4 rings (SSSR count). The molecule has 0 aliphatic carbocycles. The van der Waals surface area contributed by atoms with Crippen molar-refractivity contribution in [1.82, 2.24) is 0 Å². The fourth-order valence-corrected chi connectivity index (χ4v) is 2.94. The van der Waals surface area contributed by atoms with E-state index in [1.807, 2.05) is 37.3 Å². The molecule has 0 saturated carbocycles. The molecule has 0 aromatic heterocycles. The lowest BCUT2D eigenvalue weighted by Crippen LogP contribution is -2.02. The first-order valence-electron chi connectivity index (χ1n) is 7.02. The number of ether oxygens (including phenoxy) is 3. The monoisotopic (exact) mass is 294 g/mol. The lowest BCUT2D eigenvalue weighted by molar-refractivity contribution is 0.0603. The van der Waals surface area contributed by atoms with Gasteiger partial charge in [-0.1, -0.05) is 23.8 Å². The average molecular weight is 294 g/mol. The minimum Gasteiger partial charge on any atom is -0.465 e. The summed E-state index contributed by atoms with van der Waals surface area (Å²) in [5, 5.41) is 3.86. The van der Waals surface area contributed by atoms with Crippen molar-refractivity contribution < 1.29 is 19.0 Å². The molecular formula is C18H14O4. The van der Waals surface area contributed by atoms with Gasteiger partial charge >= 0.3 is 5.97 Å². The lowest BCUT2D eigenvalue weighted by atomic mass is 9.95. The van der Waals surface area contributed by atoms with Crippen LogP contribution in [0.15, 0.2) is 36.4 Å². The fraction of sp³-hybridized carbons (Fsp3) is 0.167. The minimum atomic E-state index is -0.339. The maximum atomic E-state index is 12.1. The van der Waals surface area contributed by atoms with Gasteiger partial charge in [-0.15, -0.1) is 0 Å². The Bertz CT molecular complexity index is 927. The Kier molecular flexibility index (Phi) is 2.73. The van der Waals surface area contributed by atoms with Crippen molar-refractivity contribution in [2.24, 2.45) is 0 Å². The molecule has 1 heterocycles. The molecule has 0 spiro atoms. The van der Waals surface area contributed by atoms with Gasteiger partial charge in [0, 0.05) is 0 Å². The molecule has 1 aliphatic rings. The van der Waals surface area contributed by atoms with Crippen LogP contribution >= 0.6 is 0 Å². The zero-order chi connectivity index (χ0) is 15.3. The number of hydrogen-bond acceptors (Lipinski definition) is 4. The van der Waals surface area contributed by atoms with E-state index in [-0.39, 0.29) is 12.8 Å². The standard InChI is InChI=1S/C18H14O4/c1-10-3-4-12-14(5-10)13-8-17-16(21-9-22-17)7-11(13)6-15(12)18(19)20-2/h3-8H,9H2,1-2H3. The molecule has 22 heavy (non-hydrogen) atoms. The Morgan fingerprint density at radius 1 is 1.00 bits per heavy atom. The maximum absolute atomic E-state index is 12.1. The van der Waals surface area contributed by atoms with E-state index in [0.29, 0.717) is 11.3 Å². The molecule has 110 valence electrons. The van der Waals surface area contributed by atoms with E-state index in [2.05, 4.69) is 6.07 Å². The molecule has 0 N–H and O–H groups in total. The molecule has 0 atom stereocenters. The second-order valence-corrected chi connectivity index (χ2v) is 5.39. The Morgan fingerprint density at radius 3 is 2.55 bits per heavy atom. The molecule has 0 unspecified atom stereocenters. The minimum absolute atomic E-state index is 0.229. The molecule has 4 nitrogen and oxygen atoms in total. The summed E-state index contributed by atoms with van der Waals surface area (Å²) in [5.41, 5.74) is 1.69. The molecule has 1 aliphatic heterocycles. The summed E-state index contributed by atoms with van der Waals surface area (Å²) >= 11 is 0. The predicted molar refractivity (Wildman–Crippen MR) is 83.7 cm³/mol. The van der Waals surface area contributed by atoms with Gasteiger partial charge in [-0.3, -0.25) is 0 Å². The summed E-state index contributed by atoms with van der Waals surface area (Å²) in [6.45, 7) is 2.26. The van der Waals surface area contributed by atoms with Crippen molar-refractivity contribution in [1.29, 1.82) is 0 Å². The summed E-state index contributed by atoms with van der Waals surface area (Å²) in [6.07, 6.45) is 0. The van der Waals surface area contributed by atoms with Gasteiger partial charge < -0.3 is 14.2 Å². The molecular weight excluding hydrogens is 280 g/mol. The third kappa shape index (κ3) is 1.80. The van der Waals surface area contributed by atoms with Crippen LogP contribution in [0.25, 0.3) is 21.5 Å². The lowest BCUT2D eigenvalue weighted by Gasteiger charge is -2.11. The molecule has 0 bridgehead atoms. The summed E-state index contributed by atoms with van der Waals surface area (Å²) in [4.78, 5) is 12.1. The van der Waals surface area contributed by atoms with E-state index in [1.54, 1.807) is 0 Å². The van der Waals surface area contributed by atoms with Gasteiger partial charge in [-0.2, -0.15) is 0 Å². The number of fused-ring (bicyclic) bond motifs is 4.